The maximum absolute atomic E-state index is 13.1. The topological polar surface area (TPSA) is 100 Å². The maximum atomic E-state index is 13.1. The van der Waals surface area contributed by atoms with Gasteiger partial charge in [-0.2, -0.15) is 5.10 Å². The molecule has 10 heteroatoms. The van der Waals surface area contributed by atoms with Gasteiger partial charge in [0, 0.05) is 11.6 Å². The first-order valence-electron chi connectivity index (χ1n) is 11.0. The molecule has 1 aliphatic carbocycles. The van der Waals surface area contributed by atoms with Gasteiger partial charge in [0.05, 0.1) is 39.2 Å². The second kappa shape index (κ2) is 8.61. The van der Waals surface area contributed by atoms with E-state index < -0.39 is 15.8 Å². The van der Waals surface area contributed by atoms with Crippen LogP contribution >= 0.6 is 11.6 Å². The Labute approximate surface area is 196 Å². The number of aryl methyl sites for hydroxylation is 1. The Morgan fingerprint density at radius 3 is 2.70 bits per heavy atom. The first kappa shape index (κ1) is 22.2. The molecule has 2 aliphatic rings. The van der Waals surface area contributed by atoms with Crippen molar-refractivity contribution in [3.63, 3.8) is 0 Å². The number of hydrogen-bond donors (Lipinski definition) is 0. The van der Waals surface area contributed by atoms with Crippen LogP contribution in [0.15, 0.2) is 30.3 Å². The van der Waals surface area contributed by atoms with E-state index in [-0.39, 0.29) is 30.8 Å². The molecule has 3 aromatic rings. The molecule has 2 fully saturated rings. The number of hydrogen-bond acceptors (Lipinski definition) is 7. The van der Waals surface area contributed by atoms with E-state index in [1.165, 1.54) is 0 Å². The molecule has 0 radical (unpaired) electrons. The van der Waals surface area contributed by atoms with Gasteiger partial charge in [0.25, 0.3) is 0 Å². The highest BCUT2D eigenvalue weighted by molar-refractivity contribution is 7.91. The zero-order chi connectivity index (χ0) is 23.2. The molecule has 1 aliphatic heterocycles. The Bertz CT molecular complexity index is 1330. The Kier molecular flexibility index (Phi) is 5.78. The number of ether oxygens (including phenoxy) is 2. The minimum Gasteiger partial charge on any atom is -0.488 e. The number of carbonyl (C=O) groups is 1. The summed E-state index contributed by atoms with van der Waals surface area (Å²) in [5.74, 6) is 0.536. The summed E-state index contributed by atoms with van der Waals surface area (Å²) in [6, 6.07) is 8.62. The SMILES string of the molecule is Cc1nn(C2CCS(=O)(=O)C2)c2nc(C3CC3)cc(C(=O)OCCOc3ccccc3Cl)c12. The van der Waals surface area contributed by atoms with E-state index in [0.717, 1.165) is 18.5 Å². The summed E-state index contributed by atoms with van der Waals surface area (Å²) in [7, 11) is -3.09. The van der Waals surface area contributed by atoms with Crippen LogP contribution < -0.4 is 4.74 Å². The Morgan fingerprint density at radius 1 is 1.21 bits per heavy atom. The summed E-state index contributed by atoms with van der Waals surface area (Å²) in [6.07, 6.45) is 2.53. The van der Waals surface area contributed by atoms with Crippen LogP contribution in [0.5, 0.6) is 5.75 Å². The molecule has 5 rings (SSSR count). The van der Waals surface area contributed by atoms with E-state index in [2.05, 4.69) is 5.10 Å². The normalized spacial score (nSPS) is 19.6. The van der Waals surface area contributed by atoms with E-state index >= 15 is 0 Å². The number of halogens is 1. The van der Waals surface area contributed by atoms with Gasteiger partial charge in [-0.15, -0.1) is 0 Å². The van der Waals surface area contributed by atoms with E-state index in [1.807, 2.05) is 12.1 Å². The third-order valence-electron chi connectivity index (χ3n) is 6.04. The van der Waals surface area contributed by atoms with Crippen LogP contribution in [0.1, 0.15) is 53.0 Å². The number of sulfone groups is 1. The average Bonchev–Trinajstić information content (AvgIpc) is 3.50. The van der Waals surface area contributed by atoms with Gasteiger partial charge in [0.1, 0.15) is 19.0 Å². The number of benzene rings is 1. The molecule has 0 N–H and O–H groups in total. The predicted octanol–water partition coefficient (Wildman–Crippen LogP) is 3.87. The van der Waals surface area contributed by atoms with E-state index in [0.29, 0.717) is 45.4 Å². The Balaban J connectivity index is 1.40. The van der Waals surface area contributed by atoms with Crippen LogP contribution in [0.4, 0.5) is 0 Å². The van der Waals surface area contributed by atoms with Crippen molar-refractivity contribution in [2.45, 2.75) is 38.1 Å². The predicted molar refractivity (Wildman–Crippen MR) is 124 cm³/mol. The molecule has 174 valence electrons. The Hall–Kier alpha value is -2.65. The molecule has 3 heterocycles. The van der Waals surface area contributed by atoms with E-state index in [1.54, 1.807) is 29.8 Å². The maximum Gasteiger partial charge on any atom is 0.339 e. The lowest BCUT2D eigenvalue weighted by molar-refractivity contribution is 0.0452. The second-order valence-electron chi connectivity index (χ2n) is 8.57. The van der Waals surface area contributed by atoms with E-state index in [4.69, 9.17) is 26.1 Å². The van der Waals surface area contributed by atoms with E-state index in [9.17, 15) is 13.2 Å². The number of aromatic nitrogens is 3. The highest BCUT2D eigenvalue weighted by atomic mass is 35.5. The van der Waals surface area contributed by atoms with Gasteiger partial charge in [-0.3, -0.25) is 0 Å². The van der Waals surface area contributed by atoms with Crippen molar-refractivity contribution in [2.24, 2.45) is 0 Å². The standard InChI is InChI=1S/C23H24ClN3O5S/c1-14-21-17(23(28)32-10-9-31-20-5-3-2-4-18(20)24)12-19(15-6-7-15)25-22(21)27(26-14)16-8-11-33(29,30)13-16/h2-5,12,15-16H,6-11,13H2,1H3. The number of rotatable bonds is 7. The van der Waals surface area contributed by atoms with Crippen molar-refractivity contribution in [3.8, 4) is 5.75 Å². The minimum atomic E-state index is -3.09. The fraction of sp³-hybridized carbons (Fsp3) is 0.435. The molecule has 0 amide bonds. The molecule has 1 atom stereocenters. The number of esters is 1. The minimum absolute atomic E-state index is 0.0394. The number of pyridine rings is 1. The number of carbonyl (C=O) groups excluding carboxylic acids is 1. The van der Waals surface area contributed by atoms with Crippen molar-refractivity contribution >= 4 is 38.4 Å². The van der Waals surface area contributed by atoms with Crippen LogP contribution in [-0.2, 0) is 14.6 Å². The smallest absolute Gasteiger partial charge is 0.339 e. The second-order valence-corrected chi connectivity index (χ2v) is 11.2. The summed E-state index contributed by atoms with van der Waals surface area (Å²) >= 11 is 6.08. The molecule has 1 saturated carbocycles. The monoisotopic (exact) mass is 489 g/mol. The lowest BCUT2D eigenvalue weighted by atomic mass is 10.1. The largest absolute Gasteiger partial charge is 0.488 e. The first-order chi connectivity index (χ1) is 15.8. The molecular weight excluding hydrogens is 466 g/mol. The molecule has 1 aromatic carbocycles. The molecule has 33 heavy (non-hydrogen) atoms. The van der Waals surface area contributed by atoms with Crippen LogP contribution in [0.25, 0.3) is 11.0 Å². The van der Waals surface area contributed by atoms with Gasteiger partial charge in [-0.1, -0.05) is 23.7 Å². The summed E-state index contributed by atoms with van der Waals surface area (Å²) in [5, 5.41) is 5.69. The van der Waals surface area contributed by atoms with Crippen LogP contribution in [-0.4, -0.2) is 53.9 Å². The average molecular weight is 490 g/mol. The van der Waals surface area contributed by atoms with Crippen LogP contribution in [0.3, 0.4) is 0 Å². The fourth-order valence-corrected chi connectivity index (χ4v) is 6.11. The molecule has 0 bridgehead atoms. The molecule has 0 spiro atoms. The van der Waals surface area contributed by atoms with Crippen LogP contribution in [0.2, 0.25) is 5.02 Å². The molecule has 1 saturated heterocycles. The van der Waals surface area contributed by atoms with Crippen molar-refractivity contribution in [3.05, 3.63) is 52.3 Å². The molecular formula is C23H24ClN3O5S. The first-order valence-corrected chi connectivity index (χ1v) is 13.2. The summed E-state index contributed by atoms with van der Waals surface area (Å²) < 4.78 is 36.9. The third kappa shape index (κ3) is 4.56. The van der Waals surface area contributed by atoms with Crippen molar-refractivity contribution in [2.75, 3.05) is 24.7 Å². The lowest BCUT2D eigenvalue weighted by Crippen LogP contribution is -2.15. The summed E-state index contributed by atoms with van der Waals surface area (Å²) in [6.45, 7) is 2.02. The van der Waals surface area contributed by atoms with Gasteiger partial charge < -0.3 is 9.47 Å². The zero-order valence-electron chi connectivity index (χ0n) is 18.2. The Morgan fingerprint density at radius 2 is 2.00 bits per heavy atom. The number of nitrogens with zero attached hydrogens (tertiary/aromatic N) is 3. The molecule has 8 nitrogen and oxygen atoms in total. The van der Waals surface area contributed by atoms with Gasteiger partial charge in [0.15, 0.2) is 15.5 Å². The van der Waals surface area contributed by atoms with Crippen LogP contribution in [0, 0.1) is 6.92 Å². The zero-order valence-corrected chi connectivity index (χ0v) is 19.7. The quantitative estimate of drug-likeness (QED) is 0.367. The number of fused-ring (bicyclic) bond motifs is 1. The molecule has 2 aromatic heterocycles. The van der Waals surface area contributed by atoms with Crippen molar-refractivity contribution in [1.29, 1.82) is 0 Å². The van der Waals surface area contributed by atoms with Crippen molar-refractivity contribution in [1.82, 2.24) is 14.8 Å². The lowest BCUT2D eigenvalue weighted by Gasteiger charge is -2.12. The highest BCUT2D eigenvalue weighted by Crippen LogP contribution is 2.41. The third-order valence-corrected chi connectivity index (χ3v) is 8.10. The van der Waals surface area contributed by atoms with Gasteiger partial charge in [-0.05, 0) is 44.4 Å². The number of para-hydroxylation sites is 1. The summed E-state index contributed by atoms with van der Waals surface area (Å²) in [4.78, 5) is 17.9. The van der Waals surface area contributed by atoms with Gasteiger partial charge >= 0.3 is 5.97 Å². The molecule has 1 unspecified atom stereocenters. The summed E-state index contributed by atoms with van der Waals surface area (Å²) in [5.41, 5.74) is 2.41. The van der Waals surface area contributed by atoms with Gasteiger partial charge in [0.2, 0.25) is 0 Å². The highest BCUT2D eigenvalue weighted by Gasteiger charge is 2.34. The fourth-order valence-electron chi connectivity index (χ4n) is 4.23. The van der Waals surface area contributed by atoms with Crippen molar-refractivity contribution < 1.29 is 22.7 Å². The van der Waals surface area contributed by atoms with Gasteiger partial charge in [-0.25, -0.2) is 22.9 Å².